The van der Waals surface area contributed by atoms with Crippen LogP contribution >= 0.6 is 11.6 Å². The van der Waals surface area contributed by atoms with Crippen molar-refractivity contribution in [3.63, 3.8) is 0 Å². The fourth-order valence-electron chi connectivity index (χ4n) is 3.80. The molecule has 0 bridgehead atoms. The van der Waals surface area contributed by atoms with E-state index in [1.165, 1.54) is 0 Å². The van der Waals surface area contributed by atoms with E-state index in [1.807, 2.05) is 61.6 Å². The number of ether oxygens (including phenoxy) is 1. The lowest BCUT2D eigenvalue weighted by Crippen LogP contribution is -2.05. The molecule has 0 aliphatic carbocycles. The van der Waals surface area contributed by atoms with Gasteiger partial charge in [-0.15, -0.1) is 10.2 Å². The van der Waals surface area contributed by atoms with Gasteiger partial charge in [-0.2, -0.15) is 0 Å². The van der Waals surface area contributed by atoms with Crippen LogP contribution in [0.15, 0.2) is 60.9 Å². The number of benzene rings is 2. The Balaban J connectivity index is 1.63. The zero-order chi connectivity index (χ0) is 22.9. The molecule has 3 aromatic heterocycles. The average Bonchev–Trinajstić information content (AvgIpc) is 3.25. The van der Waals surface area contributed by atoms with Gasteiger partial charge in [0.05, 0.1) is 33.5 Å². The largest absolute Gasteiger partial charge is 0.491 e. The van der Waals surface area contributed by atoms with Gasteiger partial charge >= 0.3 is 0 Å². The predicted octanol–water partition coefficient (Wildman–Crippen LogP) is 5.70. The van der Waals surface area contributed by atoms with Gasteiger partial charge < -0.3 is 10.1 Å². The first-order chi connectivity index (χ1) is 16.0. The molecule has 0 radical (unpaired) electrons. The van der Waals surface area contributed by atoms with Gasteiger partial charge in [0.1, 0.15) is 5.75 Å². The van der Waals surface area contributed by atoms with Crippen molar-refractivity contribution in [2.45, 2.75) is 33.4 Å². The molecule has 0 aliphatic rings. The first-order valence-electron chi connectivity index (χ1n) is 10.7. The molecule has 0 amide bonds. The van der Waals surface area contributed by atoms with Crippen LogP contribution in [0.3, 0.4) is 0 Å². The zero-order valence-electron chi connectivity index (χ0n) is 18.6. The number of anilines is 1. The van der Waals surface area contributed by atoms with Gasteiger partial charge in [-0.3, -0.25) is 9.38 Å². The summed E-state index contributed by atoms with van der Waals surface area (Å²) in [6.45, 7) is 6.56. The molecule has 33 heavy (non-hydrogen) atoms. The maximum Gasteiger partial charge on any atom is 0.183 e. The molecule has 0 unspecified atom stereocenters. The molecule has 7 nitrogen and oxygen atoms in total. The smallest absolute Gasteiger partial charge is 0.183 e. The van der Waals surface area contributed by atoms with E-state index in [0.717, 1.165) is 39.3 Å². The van der Waals surface area contributed by atoms with Crippen molar-refractivity contribution in [2.75, 3.05) is 5.32 Å². The minimum Gasteiger partial charge on any atom is -0.491 e. The number of nitrogens with zero attached hydrogens (tertiary/aromatic N) is 5. The Morgan fingerprint density at radius 3 is 2.76 bits per heavy atom. The highest BCUT2D eigenvalue weighted by Crippen LogP contribution is 2.33. The Morgan fingerprint density at radius 1 is 1.09 bits per heavy atom. The van der Waals surface area contributed by atoms with Crippen LogP contribution in [0.1, 0.15) is 25.1 Å². The van der Waals surface area contributed by atoms with Crippen LogP contribution in [0.2, 0.25) is 5.02 Å². The van der Waals surface area contributed by atoms with Crippen molar-refractivity contribution in [3.05, 3.63) is 77.2 Å². The second-order valence-corrected chi connectivity index (χ2v) is 8.51. The highest BCUT2D eigenvalue weighted by atomic mass is 35.5. The standard InChI is InChI=1S/C25H23ClN6O/c1-15(2)33-19-7-8-21(26)20(12-19)25-31-30-24-16(3)29-22-9-6-17(11-23(22)32(24)25)13-28-18-5-4-10-27-14-18/h4-12,14-15,28H,13H2,1-3H3. The van der Waals surface area contributed by atoms with Crippen LogP contribution in [-0.4, -0.2) is 30.7 Å². The molecule has 8 heteroatoms. The number of rotatable bonds is 6. The first-order valence-corrected chi connectivity index (χ1v) is 11.1. The molecule has 2 aromatic carbocycles. The highest BCUT2D eigenvalue weighted by molar-refractivity contribution is 6.33. The summed E-state index contributed by atoms with van der Waals surface area (Å²) in [4.78, 5) is 8.89. The molecule has 1 N–H and O–H groups in total. The Morgan fingerprint density at radius 2 is 1.97 bits per heavy atom. The van der Waals surface area contributed by atoms with Gasteiger partial charge in [0, 0.05) is 24.5 Å². The van der Waals surface area contributed by atoms with Crippen molar-refractivity contribution in [3.8, 4) is 17.1 Å². The van der Waals surface area contributed by atoms with E-state index in [1.54, 1.807) is 12.4 Å². The van der Waals surface area contributed by atoms with E-state index in [0.29, 0.717) is 23.0 Å². The molecule has 166 valence electrons. The van der Waals surface area contributed by atoms with E-state index in [2.05, 4.69) is 32.6 Å². The summed E-state index contributed by atoms with van der Waals surface area (Å²) in [7, 11) is 0. The molecule has 3 heterocycles. The van der Waals surface area contributed by atoms with E-state index >= 15 is 0 Å². The lowest BCUT2D eigenvalue weighted by atomic mass is 10.1. The molecule has 0 saturated heterocycles. The SMILES string of the molecule is Cc1nc2ccc(CNc3cccnc3)cc2n2c(-c3cc(OC(C)C)ccc3Cl)nnc12. The van der Waals surface area contributed by atoms with Crippen molar-refractivity contribution >= 4 is 34.0 Å². The predicted molar refractivity (Wildman–Crippen MR) is 131 cm³/mol. The Bertz CT molecular complexity index is 1450. The van der Waals surface area contributed by atoms with Crippen molar-refractivity contribution in [1.82, 2.24) is 24.6 Å². The summed E-state index contributed by atoms with van der Waals surface area (Å²) in [6, 6.07) is 15.7. The number of aromatic nitrogens is 5. The number of pyridine rings is 1. The monoisotopic (exact) mass is 458 g/mol. The molecular formula is C25H23ClN6O. The van der Waals surface area contributed by atoms with Gasteiger partial charge in [-0.1, -0.05) is 17.7 Å². The normalized spacial score (nSPS) is 11.4. The fraction of sp³-hybridized carbons (Fsp3) is 0.200. The van der Waals surface area contributed by atoms with Crippen LogP contribution in [0.4, 0.5) is 5.69 Å². The topological polar surface area (TPSA) is 77.2 Å². The number of fused-ring (bicyclic) bond motifs is 3. The summed E-state index contributed by atoms with van der Waals surface area (Å²) in [5.41, 5.74) is 6.08. The Kier molecular flexibility index (Phi) is 5.56. The second-order valence-electron chi connectivity index (χ2n) is 8.11. The maximum atomic E-state index is 6.60. The Hall–Kier alpha value is -3.71. The van der Waals surface area contributed by atoms with E-state index in [4.69, 9.17) is 21.3 Å². The minimum atomic E-state index is 0.0521. The summed E-state index contributed by atoms with van der Waals surface area (Å²) >= 11 is 6.60. The number of nitrogens with one attached hydrogen (secondary N) is 1. The maximum absolute atomic E-state index is 6.60. The summed E-state index contributed by atoms with van der Waals surface area (Å²) in [5.74, 6) is 1.38. The van der Waals surface area contributed by atoms with Gasteiger partial charge in [0.15, 0.2) is 11.5 Å². The molecule has 0 fully saturated rings. The number of hydrogen-bond donors (Lipinski definition) is 1. The lowest BCUT2D eigenvalue weighted by Gasteiger charge is -2.13. The van der Waals surface area contributed by atoms with E-state index in [9.17, 15) is 0 Å². The number of aryl methyl sites for hydroxylation is 1. The van der Waals surface area contributed by atoms with Crippen molar-refractivity contribution in [2.24, 2.45) is 0 Å². The van der Waals surface area contributed by atoms with E-state index < -0.39 is 0 Å². The van der Waals surface area contributed by atoms with Gasteiger partial charge in [-0.05, 0) is 68.8 Å². The molecule has 0 saturated carbocycles. The van der Waals surface area contributed by atoms with Gasteiger partial charge in [0.2, 0.25) is 0 Å². The summed E-state index contributed by atoms with van der Waals surface area (Å²) in [5, 5.41) is 12.9. The van der Waals surface area contributed by atoms with Crippen LogP contribution < -0.4 is 10.1 Å². The number of hydrogen-bond acceptors (Lipinski definition) is 6. The van der Waals surface area contributed by atoms with Gasteiger partial charge in [-0.25, -0.2) is 4.98 Å². The molecule has 0 spiro atoms. The third-order valence-corrected chi connectivity index (χ3v) is 5.59. The molecule has 0 aliphatic heterocycles. The minimum absolute atomic E-state index is 0.0521. The van der Waals surface area contributed by atoms with Gasteiger partial charge in [0.25, 0.3) is 0 Å². The molecule has 5 aromatic rings. The third-order valence-electron chi connectivity index (χ3n) is 5.26. The summed E-state index contributed by atoms with van der Waals surface area (Å²) < 4.78 is 7.90. The van der Waals surface area contributed by atoms with E-state index in [-0.39, 0.29) is 6.10 Å². The zero-order valence-corrected chi connectivity index (χ0v) is 19.3. The van der Waals surface area contributed by atoms with Crippen LogP contribution in [-0.2, 0) is 6.54 Å². The molecule has 5 rings (SSSR count). The van der Waals surface area contributed by atoms with Crippen LogP contribution in [0, 0.1) is 6.92 Å². The lowest BCUT2D eigenvalue weighted by molar-refractivity contribution is 0.242. The third kappa shape index (κ3) is 4.19. The molecular weight excluding hydrogens is 436 g/mol. The summed E-state index contributed by atoms with van der Waals surface area (Å²) in [6.07, 6.45) is 3.61. The van der Waals surface area contributed by atoms with Crippen LogP contribution in [0.5, 0.6) is 5.75 Å². The Labute approximate surface area is 196 Å². The fourth-order valence-corrected chi connectivity index (χ4v) is 4.00. The van der Waals surface area contributed by atoms with Crippen molar-refractivity contribution < 1.29 is 4.74 Å². The number of halogens is 1. The average molecular weight is 459 g/mol. The second kappa shape index (κ2) is 8.67. The van der Waals surface area contributed by atoms with Crippen molar-refractivity contribution in [1.29, 1.82) is 0 Å². The highest BCUT2D eigenvalue weighted by Gasteiger charge is 2.18. The molecule has 0 atom stereocenters. The first kappa shape index (κ1) is 21.2. The van der Waals surface area contributed by atoms with Crippen LogP contribution in [0.25, 0.3) is 28.1 Å². The quantitative estimate of drug-likeness (QED) is 0.351.